The summed E-state index contributed by atoms with van der Waals surface area (Å²) in [4.78, 5) is 32.0. The Hall–Kier alpha value is -4.29. The van der Waals surface area contributed by atoms with Gasteiger partial charge in [-0.2, -0.15) is 0 Å². The Morgan fingerprint density at radius 1 is 0.944 bits per heavy atom. The summed E-state index contributed by atoms with van der Waals surface area (Å²) in [6.45, 7) is 1.79. The molecule has 0 radical (unpaired) electrons. The van der Waals surface area contributed by atoms with Crippen molar-refractivity contribution in [2.45, 2.75) is 13.0 Å². The lowest BCUT2D eigenvalue weighted by Crippen LogP contribution is -2.39. The summed E-state index contributed by atoms with van der Waals surface area (Å²) in [5, 5.41) is 4.38. The van der Waals surface area contributed by atoms with Crippen LogP contribution in [0.5, 0.6) is 0 Å². The van der Waals surface area contributed by atoms with Crippen LogP contribution in [-0.2, 0) is 9.53 Å². The van der Waals surface area contributed by atoms with Gasteiger partial charge in [0.15, 0.2) is 4.80 Å². The lowest BCUT2D eigenvalue weighted by Gasteiger charge is -2.24. The molecule has 0 aliphatic carbocycles. The Balaban J connectivity index is 1.67. The zero-order valence-electron chi connectivity index (χ0n) is 19.8. The smallest absolute Gasteiger partial charge is 0.338 e. The first-order chi connectivity index (χ1) is 17.6. The predicted octanol–water partition coefficient (Wildman–Crippen LogP) is 4.71. The van der Waals surface area contributed by atoms with Gasteiger partial charge in [0.2, 0.25) is 0 Å². The van der Waals surface area contributed by atoms with Crippen LogP contribution in [-0.4, -0.2) is 17.6 Å². The number of rotatable bonds is 3. The van der Waals surface area contributed by atoms with Gasteiger partial charge in [-0.1, -0.05) is 90.2 Å². The highest BCUT2D eigenvalue weighted by Crippen LogP contribution is 2.31. The SMILES string of the molecule is COC(=O)C1=C(C)N=c2s/c(=C\c3c4ccccc4cc4ccccc34)c(=O)n2[C@@H]1c1ccccc1. The first-order valence-electron chi connectivity index (χ1n) is 11.6. The van der Waals surface area contributed by atoms with Crippen molar-refractivity contribution in [2.75, 3.05) is 7.11 Å². The van der Waals surface area contributed by atoms with E-state index in [-0.39, 0.29) is 5.56 Å². The van der Waals surface area contributed by atoms with E-state index in [9.17, 15) is 9.59 Å². The number of ether oxygens (including phenoxy) is 1. The van der Waals surface area contributed by atoms with Gasteiger partial charge in [0.1, 0.15) is 0 Å². The molecular formula is C30H22N2O3S. The minimum absolute atomic E-state index is 0.182. The number of fused-ring (bicyclic) bond motifs is 3. The van der Waals surface area contributed by atoms with Crippen LogP contribution in [0.2, 0.25) is 0 Å². The zero-order valence-corrected chi connectivity index (χ0v) is 20.6. The Morgan fingerprint density at radius 3 is 2.19 bits per heavy atom. The van der Waals surface area contributed by atoms with Gasteiger partial charge in [-0.05, 0) is 51.7 Å². The highest BCUT2D eigenvalue weighted by Gasteiger charge is 2.32. The molecule has 0 bridgehead atoms. The van der Waals surface area contributed by atoms with Crippen molar-refractivity contribution in [3.63, 3.8) is 0 Å². The monoisotopic (exact) mass is 490 g/mol. The number of hydrogen-bond donors (Lipinski definition) is 0. The van der Waals surface area contributed by atoms with E-state index in [2.05, 4.69) is 35.3 Å². The lowest BCUT2D eigenvalue weighted by molar-refractivity contribution is -0.136. The molecule has 176 valence electrons. The van der Waals surface area contributed by atoms with E-state index < -0.39 is 12.0 Å². The Bertz CT molecular complexity index is 1830. The molecule has 1 aliphatic rings. The van der Waals surface area contributed by atoms with Crippen LogP contribution in [0.15, 0.2) is 106 Å². The summed E-state index contributed by atoms with van der Waals surface area (Å²) in [5.41, 5.74) is 2.57. The van der Waals surface area contributed by atoms with Crippen molar-refractivity contribution < 1.29 is 9.53 Å². The number of hydrogen-bond acceptors (Lipinski definition) is 5. The van der Waals surface area contributed by atoms with E-state index in [4.69, 9.17) is 4.74 Å². The quantitative estimate of drug-likeness (QED) is 0.272. The fourth-order valence-electron chi connectivity index (χ4n) is 4.98. The molecule has 1 aliphatic heterocycles. The topological polar surface area (TPSA) is 60.7 Å². The molecule has 36 heavy (non-hydrogen) atoms. The fraction of sp³-hybridized carbons (Fsp3) is 0.100. The Kier molecular flexibility index (Phi) is 5.38. The van der Waals surface area contributed by atoms with E-state index in [1.807, 2.05) is 60.7 Å². The van der Waals surface area contributed by atoms with E-state index in [0.717, 1.165) is 32.7 Å². The fourth-order valence-corrected chi connectivity index (χ4v) is 6.01. The van der Waals surface area contributed by atoms with Gasteiger partial charge in [-0.25, -0.2) is 9.79 Å². The number of carbonyl (C=O) groups is 1. The van der Waals surface area contributed by atoms with Gasteiger partial charge in [-0.3, -0.25) is 9.36 Å². The van der Waals surface area contributed by atoms with Crippen LogP contribution in [0.1, 0.15) is 24.1 Å². The molecule has 1 atom stereocenters. The van der Waals surface area contributed by atoms with Gasteiger partial charge in [-0.15, -0.1) is 0 Å². The third kappa shape index (κ3) is 3.49. The Morgan fingerprint density at radius 2 is 1.56 bits per heavy atom. The van der Waals surface area contributed by atoms with Crippen LogP contribution in [0.3, 0.4) is 0 Å². The minimum Gasteiger partial charge on any atom is -0.466 e. The molecule has 5 aromatic rings. The van der Waals surface area contributed by atoms with Crippen molar-refractivity contribution in [2.24, 2.45) is 4.99 Å². The highest BCUT2D eigenvalue weighted by atomic mass is 32.1. The minimum atomic E-state index is -0.610. The molecule has 0 saturated carbocycles. The molecule has 6 heteroatoms. The van der Waals surface area contributed by atoms with Crippen LogP contribution >= 0.6 is 11.3 Å². The van der Waals surface area contributed by atoms with E-state index in [1.165, 1.54) is 18.4 Å². The number of carbonyl (C=O) groups excluding carboxylic acids is 1. The van der Waals surface area contributed by atoms with Crippen molar-refractivity contribution in [1.29, 1.82) is 0 Å². The van der Waals surface area contributed by atoms with Gasteiger partial charge in [0.25, 0.3) is 5.56 Å². The van der Waals surface area contributed by atoms with Gasteiger partial charge in [0.05, 0.1) is 29.0 Å². The lowest BCUT2D eigenvalue weighted by atomic mass is 9.96. The first kappa shape index (κ1) is 22.2. The zero-order chi connectivity index (χ0) is 24.8. The average Bonchev–Trinajstić information content (AvgIpc) is 3.22. The van der Waals surface area contributed by atoms with Crippen molar-refractivity contribution in [3.8, 4) is 0 Å². The number of allylic oxidation sites excluding steroid dienone is 1. The van der Waals surface area contributed by atoms with Gasteiger partial charge >= 0.3 is 5.97 Å². The Labute approximate surface area is 210 Å². The van der Waals surface area contributed by atoms with Crippen LogP contribution in [0.25, 0.3) is 27.6 Å². The van der Waals surface area contributed by atoms with E-state index in [1.54, 1.807) is 11.5 Å². The summed E-state index contributed by atoms with van der Waals surface area (Å²) >= 11 is 1.34. The van der Waals surface area contributed by atoms with Crippen molar-refractivity contribution in [3.05, 3.63) is 127 Å². The molecule has 2 heterocycles. The average molecular weight is 491 g/mol. The number of methoxy groups -OCH3 is 1. The largest absolute Gasteiger partial charge is 0.466 e. The second-order valence-corrected chi connectivity index (χ2v) is 9.73. The second-order valence-electron chi connectivity index (χ2n) is 8.72. The molecule has 6 rings (SSSR count). The van der Waals surface area contributed by atoms with Crippen LogP contribution in [0.4, 0.5) is 0 Å². The standard InChI is InChI=1S/C30H22N2O3S/c1-18-26(29(34)35-2)27(19-10-4-3-5-11-19)32-28(33)25(36-30(32)31-18)17-24-22-14-8-6-12-20(22)16-21-13-7-9-15-23(21)24/h3-17,27H,1-2H3/b25-17-/t27-/m1/s1. The summed E-state index contributed by atoms with van der Waals surface area (Å²) in [6, 6.07) is 27.5. The first-order valence-corrected chi connectivity index (χ1v) is 12.4. The van der Waals surface area contributed by atoms with E-state index >= 15 is 0 Å². The number of nitrogens with zero attached hydrogens (tertiary/aromatic N) is 2. The third-order valence-corrected chi connectivity index (χ3v) is 7.61. The molecular weight excluding hydrogens is 468 g/mol. The molecule has 0 unspecified atom stereocenters. The van der Waals surface area contributed by atoms with Gasteiger partial charge in [0, 0.05) is 0 Å². The summed E-state index contributed by atoms with van der Waals surface area (Å²) in [5.74, 6) is -0.487. The molecule has 0 fully saturated rings. The number of esters is 1. The van der Waals surface area contributed by atoms with Gasteiger partial charge < -0.3 is 4.74 Å². The summed E-state index contributed by atoms with van der Waals surface area (Å²) in [6.07, 6.45) is 1.97. The molecule has 0 spiro atoms. The number of thiazole rings is 1. The normalized spacial score (nSPS) is 15.7. The summed E-state index contributed by atoms with van der Waals surface area (Å²) in [7, 11) is 1.35. The number of aromatic nitrogens is 1. The maximum Gasteiger partial charge on any atom is 0.338 e. The molecule has 0 amide bonds. The predicted molar refractivity (Wildman–Crippen MR) is 144 cm³/mol. The maximum atomic E-state index is 13.9. The highest BCUT2D eigenvalue weighted by molar-refractivity contribution is 7.07. The van der Waals surface area contributed by atoms with Crippen LogP contribution < -0.4 is 14.9 Å². The molecule has 0 N–H and O–H groups in total. The van der Waals surface area contributed by atoms with Crippen LogP contribution in [0, 0.1) is 0 Å². The van der Waals surface area contributed by atoms with Crippen molar-refractivity contribution >= 4 is 44.9 Å². The van der Waals surface area contributed by atoms with Crippen molar-refractivity contribution in [1.82, 2.24) is 4.57 Å². The molecule has 5 nitrogen and oxygen atoms in total. The maximum absolute atomic E-state index is 13.9. The second kappa shape index (κ2) is 8.73. The molecule has 4 aromatic carbocycles. The number of benzene rings is 4. The van der Waals surface area contributed by atoms with E-state index in [0.29, 0.717) is 20.6 Å². The molecule has 0 saturated heterocycles. The molecule has 1 aromatic heterocycles. The third-order valence-electron chi connectivity index (χ3n) is 6.63. The summed E-state index contributed by atoms with van der Waals surface area (Å²) < 4.78 is 7.28.